The second-order valence-electron chi connectivity index (χ2n) is 14.6. The number of piperidine rings is 3. The second-order valence-corrected chi connectivity index (χ2v) is 16.0. The number of quaternary nitrogens is 1. The third-order valence-electron chi connectivity index (χ3n) is 11.5. The number of aromatic nitrogens is 4. The molecule has 6 aromatic rings. The Kier molecular flexibility index (Phi) is 11.3. The molecule has 10 nitrogen and oxygen atoms in total. The fraction of sp³-hybridized carbons (Fsp3) is 0.341. The van der Waals surface area contributed by atoms with Crippen LogP contribution < -0.4 is 19.2 Å². The molecule has 3 aliphatic rings. The third kappa shape index (κ3) is 7.74. The molecule has 3 fully saturated rings. The van der Waals surface area contributed by atoms with E-state index in [9.17, 15) is 9.32 Å². The fourth-order valence-corrected chi connectivity index (χ4v) is 9.69. The lowest BCUT2D eigenvalue weighted by Crippen LogP contribution is -2.67. The van der Waals surface area contributed by atoms with E-state index in [2.05, 4.69) is 62.9 Å². The van der Waals surface area contributed by atoms with Crippen LogP contribution in [0.1, 0.15) is 46.9 Å². The molecule has 3 aromatic heterocycles. The number of fused-ring (bicyclic) bond motifs is 5. The molecule has 0 radical (unpaired) electrons. The quantitative estimate of drug-likeness (QED) is 0.106. The Bertz CT molecular complexity index is 2330. The van der Waals surface area contributed by atoms with E-state index in [-0.39, 0.29) is 11.8 Å². The van der Waals surface area contributed by atoms with Gasteiger partial charge in [-0.2, -0.15) is 0 Å². The molecule has 3 aliphatic heterocycles. The summed E-state index contributed by atoms with van der Waals surface area (Å²) in [6.07, 6.45) is 7.38. The smallest absolute Gasteiger partial charge is 0.131 e. The van der Waals surface area contributed by atoms with Gasteiger partial charge >= 0.3 is 0 Å². The van der Waals surface area contributed by atoms with Gasteiger partial charge in [0.1, 0.15) is 35.9 Å². The van der Waals surface area contributed by atoms with E-state index in [0.29, 0.717) is 33.8 Å². The molecule has 0 amide bonds. The van der Waals surface area contributed by atoms with Crippen molar-refractivity contribution in [3.05, 3.63) is 126 Å². The fourth-order valence-electron chi connectivity index (χ4n) is 8.62. The SMILES string of the molecule is C=CC1C[N+]2(Cc3ccccc3)CCC1C[C@H]2[C@H](O)c1ccnc2ccc(OC)cc12.COc1ccc2[n-]c(S(=O)Cc3ncc(C)c(OC)c3C)nc2c1. The minimum absolute atomic E-state index is 0.159. The number of rotatable bonds is 11. The number of benzene rings is 3. The van der Waals surface area contributed by atoms with E-state index in [1.165, 1.54) is 12.0 Å². The maximum absolute atomic E-state index is 12.6. The third-order valence-corrected chi connectivity index (χ3v) is 12.6. The predicted octanol–water partition coefficient (Wildman–Crippen LogP) is 7.42. The number of imidazole rings is 1. The lowest BCUT2D eigenvalue weighted by molar-refractivity contribution is -0.984. The van der Waals surface area contributed by atoms with Gasteiger partial charge < -0.3 is 33.8 Å². The Morgan fingerprint density at radius 1 is 0.982 bits per heavy atom. The van der Waals surface area contributed by atoms with E-state index >= 15 is 0 Å². The van der Waals surface area contributed by atoms with Gasteiger partial charge in [0.25, 0.3) is 0 Å². The first-order valence-corrected chi connectivity index (χ1v) is 20.0. The van der Waals surface area contributed by atoms with Crippen LogP contribution >= 0.6 is 0 Å². The van der Waals surface area contributed by atoms with Gasteiger partial charge in [-0.05, 0) is 72.8 Å². The monoisotopic (exact) mass is 759 g/mol. The van der Waals surface area contributed by atoms with E-state index in [4.69, 9.17) is 14.2 Å². The number of hydrogen-bond donors (Lipinski definition) is 1. The number of ether oxygens (including phenoxy) is 3. The highest BCUT2D eigenvalue weighted by Crippen LogP contribution is 2.48. The van der Waals surface area contributed by atoms with Crippen LogP contribution in [0, 0.1) is 25.7 Å². The van der Waals surface area contributed by atoms with Crippen LogP contribution in [0.4, 0.5) is 0 Å². The summed E-state index contributed by atoms with van der Waals surface area (Å²) in [6, 6.07) is 24.2. The number of hydrogen-bond acceptors (Lipinski definition) is 8. The standard InChI is InChI=1S/C27H31N2O2.C17H18N3O3S/c1-3-20-18-29(17-19-7-5-4-6-8-19)14-12-21(20)15-26(29)27(30)23-11-13-28-25-10-9-22(31-2)16-24(23)25;1-10-8-18-15(11(2)16(10)23-4)9-24(21)17-19-13-6-5-12(22-3)7-14(13)20-17/h3-11,13,16,20-21,26-27,30H,1,12,14-15,17-18H2,2H3;5-8H,9H2,1-4H3/q+1;-1/t20?,21?,26-,27+,29?;/m0./s1. The zero-order valence-electron chi connectivity index (χ0n) is 32.1. The van der Waals surface area contributed by atoms with E-state index < -0.39 is 16.9 Å². The van der Waals surface area contributed by atoms with E-state index in [0.717, 1.165) is 75.3 Å². The van der Waals surface area contributed by atoms with Crippen molar-refractivity contribution in [2.45, 2.75) is 56.3 Å². The van der Waals surface area contributed by atoms with Crippen molar-refractivity contribution >= 4 is 32.7 Å². The Morgan fingerprint density at radius 3 is 2.49 bits per heavy atom. The minimum atomic E-state index is -1.38. The van der Waals surface area contributed by atoms with Crippen molar-refractivity contribution in [3.63, 3.8) is 0 Å². The molecule has 0 saturated carbocycles. The van der Waals surface area contributed by atoms with Crippen LogP contribution in [0.2, 0.25) is 0 Å². The summed E-state index contributed by atoms with van der Waals surface area (Å²) in [5.74, 6) is 3.64. The molecular formula is C44H49N5O5S. The van der Waals surface area contributed by atoms with Crippen LogP contribution in [0.5, 0.6) is 17.2 Å². The molecule has 286 valence electrons. The Hall–Kier alpha value is -5.10. The Morgan fingerprint density at radius 2 is 1.75 bits per heavy atom. The summed E-state index contributed by atoms with van der Waals surface area (Å²) < 4.78 is 29.6. The highest BCUT2D eigenvalue weighted by molar-refractivity contribution is 7.84. The van der Waals surface area contributed by atoms with Crippen LogP contribution in [0.3, 0.4) is 0 Å². The number of pyridine rings is 2. The zero-order valence-corrected chi connectivity index (χ0v) is 33.0. The summed E-state index contributed by atoms with van der Waals surface area (Å²) in [4.78, 5) is 17.6. The van der Waals surface area contributed by atoms with Crippen LogP contribution in [-0.4, -0.2) is 69.2 Å². The first-order valence-electron chi connectivity index (χ1n) is 18.7. The van der Waals surface area contributed by atoms with Gasteiger partial charge in [0.2, 0.25) is 0 Å². The van der Waals surface area contributed by atoms with Crippen molar-refractivity contribution in [2.24, 2.45) is 11.8 Å². The summed E-state index contributed by atoms with van der Waals surface area (Å²) in [5, 5.41) is 13.1. The van der Waals surface area contributed by atoms with Crippen LogP contribution in [-0.2, 0) is 23.1 Å². The number of aryl methyl sites for hydroxylation is 1. The Balaban J connectivity index is 0.000000175. The molecule has 1 N–H and O–H groups in total. The van der Waals surface area contributed by atoms with Crippen molar-refractivity contribution in [1.82, 2.24) is 19.9 Å². The maximum atomic E-state index is 12.6. The first-order chi connectivity index (χ1) is 26.7. The number of aliphatic hydroxyl groups excluding tert-OH is 1. The van der Waals surface area contributed by atoms with Crippen molar-refractivity contribution in [3.8, 4) is 17.2 Å². The molecule has 3 aromatic carbocycles. The molecule has 4 unspecified atom stereocenters. The first kappa shape index (κ1) is 38.2. The number of methoxy groups -OCH3 is 3. The van der Waals surface area contributed by atoms with Crippen molar-refractivity contribution < 1.29 is 28.0 Å². The van der Waals surface area contributed by atoms with E-state index in [1.807, 2.05) is 44.3 Å². The molecule has 3 saturated heterocycles. The highest BCUT2D eigenvalue weighted by atomic mass is 32.2. The van der Waals surface area contributed by atoms with Gasteiger partial charge in [0, 0.05) is 58.4 Å². The van der Waals surface area contributed by atoms with Gasteiger partial charge in [-0.15, -0.1) is 6.58 Å². The highest BCUT2D eigenvalue weighted by Gasteiger charge is 2.54. The summed E-state index contributed by atoms with van der Waals surface area (Å²) in [7, 11) is 3.51. The second kappa shape index (κ2) is 16.3. The largest absolute Gasteiger partial charge is 0.497 e. The van der Waals surface area contributed by atoms with Gasteiger partial charge in [-0.3, -0.25) is 14.2 Å². The predicted molar refractivity (Wildman–Crippen MR) is 216 cm³/mol. The van der Waals surface area contributed by atoms with Crippen molar-refractivity contribution in [2.75, 3.05) is 34.4 Å². The molecule has 11 heteroatoms. The minimum Gasteiger partial charge on any atom is -0.497 e. The lowest BCUT2D eigenvalue weighted by Gasteiger charge is -2.58. The maximum Gasteiger partial charge on any atom is 0.131 e. The molecule has 9 rings (SSSR count). The van der Waals surface area contributed by atoms with Crippen LogP contribution in [0.25, 0.3) is 21.9 Å². The molecule has 55 heavy (non-hydrogen) atoms. The Labute approximate surface area is 325 Å². The molecular weight excluding hydrogens is 711 g/mol. The number of aliphatic hydroxyl groups is 1. The van der Waals surface area contributed by atoms with Crippen LogP contribution in [0.15, 0.2) is 103 Å². The molecule has 0 aliphatic carbocycles. The molecule has 6 atom stereocenters. The average Bonchev–Trinajstić information content (AvgIpc) is 3.66. The summed E-state index contributed by atoms with van der Waals surface area (Å²) in [6.45, 7) is 11.1. The average molecular weight is 760 g/mol. The summed E-state index contributed by atoms with van der Waals surface area (Å²) >= 11 is 0. The summed E-state index contributed by atoms with van der Waals surface area (Å²) in [5.41, 5.74) is 7.13. The van der Waals surface area contributed by atoms with E-state index in [1.54, 1.807) is 45.7 Å². The molecule has 2 bridgehead atoms. The normalized spacial score (nSPS) is 21.4. The molecule has 6 heterocycles. The zero-order chi connectivity index (χ0) is 38.7. The topological polar surface area (TPSA) is 118 Å². The van der Waals surface area contributed by atoms with Gasteiger partial charge in [0.05, 0.1) is 62.2 Å². The molecule has 0 spiro atoms. The van der Waals surface area contributed by atoms with Crippen molar-refractivity contribution in [1.29, 1.82) is 0 Å². The van der Waals surface area contributed by atoms with Gasteiger partial charge in [-0.1, -0.05) is 42.5 Å². The lowest BCUT2D eigenvalue weighted by atomic mass is 9.71. The number of nitrogens with zero attached hydrogens (tertiary/aromatic N) is 5. The van der Waals surface area contributed by atoms with Gasteiger partial charge in [0.15, 0.2) is 0 Å². The van der Waals surface area contributed by atoms with Gasteiger partial charge in [-0.25, -0.2) is 0 Å².